The molecule has 1 aliphatic heterocycles. The van der Waals surface area contributed by atoms with Gasteiger partial charge in [0, 0.05) is 18.1 Å². The van der Waals surface area contributed by atoms with E-state index >= 15 is 0 Å². The molecule has 6 heteroatoms. The molecule has 0 aliphatic carbocycles. The number of amides is 1. The normalized spacial score (nSPS) is 19.3. The number of nitrogens with zero attached hydrogens (tertiary/aromatic N) is 1. The molecule has 1 atom stereocenters. The number of nitrogen functional groups attached to an aromatic ring is 1. The highest BCUT2D eigenvalue weighted by molar-refractivity contribution is 6.31. The molecule has 19 heavy (non-hydrogen) atoms. The largest absolute Gasteiger partial charge is 0.375 e. The number of halogens is 1. The third-order valence-corrected chi connectivity index (χ3v) is 3.48. The lowest BCUT2D eigenvalue weighted by Crippen LogP contribution is -2.45. The maximum Gasteiger partial charge on any atom is 0.256 e. The van der Waals surface area contributed by atoms with Crippen molar-refractivity contribution in [1.29, 1.82) is 0 Å². The van der Waals surface area contributed by atoms with Gasteiger partial charge in [0.1, 0.15) is 0 Å². The summed E-state index contributed by atoms with van der Waals surface area (Å²) in [6, 6.07) is 5.03. The van der Waals surface area contributed by atoms with Crippen molar-refractivity contribution < 1.29 is 9.53 Å². The van der Waals surface area contributed by atoms with E-state index in [1.165, 1.54) is 0 Å². The van der Waals surface area contributed by atoms with E-state index < -0.39 is 0 Å². The van der Waals surface area contributed by atoms with Crippen molar-refractivity contribution >= 4 is 23.2 Å². The summed E-state index contributed by atoms with van der Waals surface area (Å²) in [5.74, 6) is 5.36. The quantitative estimate of drug-likeness (QED) is 0.656. The van der Waals surface area contributed by atoms with Crippen LogP contribution < -0.4 is 11.3 Å². The van der Waals surface area contributed by atoms with Crippen LogP contribution in [-0.2, 0) is 4.74 Å². The van der Waals surface area contributed by atoms with Crippen molar-refractivity contribution in [2.24, 2.45) is 5.84 Å². The first-order chi connectivity index (χ1) is 9.15. The third-order valence-electron chi connectivity index (χ3n) is 3.25. The molecule has 1 aromatic carbocycles. The zero-order valence-corrected chi connectivity index (χ0v) is 11.6. The van der Waals surface area contributed by atoms with Crippen molar-refractivity contribution in [2.45, 2.75) is 19.4 Å². The van der Waals surface area contributed by atoms with Crippen LogP contribution in [-0.4, -0.2) is 36.6 Å². The molecule has 0 bridgehead atoms. The summed E-state index contributed by atoms with van der Waals surface area (Å²) in [4.78, 5) is 14.3. The maximum atomic E-state index is 12.5. The van der Waals surface area contributed by atoms with E-state index in [0.29, 0.717) is 36.0 Å². The second kappa shape index (κ2) is 6.23. The van der Waals surface area contributed by atoms with Crippen molar-refractivity contribution in [2.75, 3.05) is 25.1 Å². The number of rotatable bonds is 3. The molecular weight excluding hydrogens is 266 g/mol. The summed E-state index contributed by atoms with van der Waals surface area (Å²) in [7, 11) is 0. The summed E-state index contributed by atoms with van der Waals surface area (Å²) in [6.45, 7) is 3.80. The van der Waals surface area contributed by atoms with Gasteiger partial charge < -0.3 is 15.1 Å². The average molecular weight is 284 g/mol. The van der Waals surface area contributed by atoms with Gasteiger partial charge in [-0.3, -0.25) is 10.6 Å². The zero-order chi connectivity index (χ0) is 13.8. The molecule has 2 rings (SSSR count). The number of hydrogen-bond donors (Lipinski definition) is 2. The average Bonchev–Trinajstić information content (AvgIpc) is 2.46. The zero-order valence-electron chi connectivity index (χ0n) is 10.9. The Labute approximate surface area is 117 Å². The van der Waals surface area contributed by atoms with Crippen LogP contribution in [0.1, 0.15) is 23.7 Å². The van der Waals surface area contributed by atoms with Crippen LogP contribution in [0.5, 0.6) is 0 Å². The summed E-state index contributed by atoms with van der Waals surface area (Å²) < 4.78 is 5.56. The third kappa shape index (κ3) is 3.18. The molecule has 1 unspecified atom stereocenters. The lowest BCUT2D eigenvalue weighted by molar-refractivity contribution is -0.0225. The first-order valence-corrected chi connectivity index (χ1v) is 6.70. The van der Waals surface area contributed by atoms with E-state index in [1.54, 1.807) is 23.1 Å². The highest BCUT2D eigenvalue weighted by Crippen LogP contribution is 2.22. The van der Waals surface area contributed by atoms with E-state index in [9.17, 15) is 4.79 Å². The van der Waals surface area contributed by atoms with E-state index in [4.69, 9.17) is 22.2 Å². The fourth-order valence-electron chi connectivity index (χ4n) is 2.14. The fourth-order valence-corrected chi connectivity index (χ4v) is 2.31. The number of ether oxygens (including phenoxy) is 1. The Morgan fingerprint density at radius 3 is 3.11 bits per heavy atom. The van der Waals surface area contributed by atoms with Gasteiger partial charge in [0.25, 0.3) is 5.91 Å². The molecule has 0 spiro atoms. The van der Waals surface area contributed by atoms with Crippen LogP contribution in [0.2, 0.25) is 5.02 Å². The smallest absolute Gasteiger partial charge is 0.256 e. The van der Waals surface area contributed by atoms with Crippen LogP contribution in [0.15, 0.2) is 18.2 Å². The summed E-state index contributed by atoms with van der Waals surface area (Å²) in [5.41, 5.74) is 3.60. The van der Waals surface area contributed by atoms with Gasteiger partial charge in [-0.15, -0.1) is 0 Å². The number of morpholine rings is 1. The minimum atomic E-state index is -0.0720. The van der Waals surface area contributed by atoms with E-state index in [1.807, 2.05) is 6.92 Å². The molecular formula is C13H18ClN3O2. The van der Waals surface area contributed by atoms with Crippen molar-refractivity contribution in [1.82, 2.24) is 4.90 Å². The Kier molecular flexibility index (Phi) is 4.63. The van der Waals surface area contributed by atoms with Crippen molar-refractivity contribution in [3.63, 3.8) is 0 Å². The van der Waals surface area contributed by atoms with E-state index in [0.717, 1.165) is 6.42 Å². The van der Waals surface area contributed by atoms with Gasteiger partial charge in [-0.1, -0.05) is 18.5 Å². The molecule has 1 fully saturated rings. The van der Waals surface area contributed by atoms with Crippen LogP contribution in [0.3, 0.4) is 0 Å². The molecule has 1 heterocycles. The topological polar surface area (TPSA) is 67.6 Å². The predicted molar refractivity (Wildman–Crippen MR) is 75.2 cm³/mol. The maximum absolute atomic E-state index is 12.5. The number of carbonyl (C=O) groups is 1. The SMILES string of the molecule is CCC1CN(C(=O)c2cc(Cl)ccc2NN)CCO1. The highest BCUT2D eigenvalue weighted by Gasteiger charge is 2.25. The molecule has 1 aliphatic rings. The minimum absolute atomic E-state index is 0.0720. The van der Waals surface area contributed by atoms with E-state index in [-0.39, 0.29) is 12.0 Å². The first-order valence-electron chi connectivity index (χ1n) is 6.32. The molecule has 0 aromatic heterocycles. The molecule has 5 nitrogen and oxygen atoms in total. The minimum Gasteiger partial charge on any atom is -0.375 e. The summed E-state index contributed by atoms with van der Waals surface area (Å²) in [5, 5.41) is 0.516. The fraction of sp³-hybridized carbons (Fsp3) is 0.462. The number of hydrazine groups is 1. The molecule has 1 amide bonds. The van der Waals surface area contributed by atoms with Gasteiger partial charge in [-0.05, 0) is 24.6 Å². The van der Waals surface area contributed by atoms with Gasteiger partial charge in [0.15, 0.2) is 0 Å². The number of nitrogens with two attached hydrogens (primary N) is 1. The number of anilines is 1. The first kappa shape index (κ1) is 14.1. The van der Waals surface area contributed by atoms with E-state index in [2.05, 4.69) is 5.43 Å². The molecule has 0 radical (unpaired) electrons. The summed E-state index contributed by atoms with van der Waals surface area (Å²) >= 11 is 5.95. The van der Waals surface area contributed by atoms with Crippen LogP contribution in [0.25, 0.3) is 0 Å². The molecule has 0 saturated carbocycles. The van der Waals surface area contributed by atoms with Crippen LogP contribution in [0.4, 0.5) is 5.69 Å². The Hall–Kier alpha value is -1.30. The van der Waals surface area contributed by atoms with Crippen molar-refractivity contribution in [3.8, 4) is 0 Å². The highest BCUT2D eigenvalue weighted by atomic mass is 35.5. The number of benzene rings is 1. The Morgan fingerprint density at radius 1 is 1.63 bits per heavy atom. The lowest BCUT2D eigenvalue weighted by atomic mass is 10.1. The standard InChI is InChI=1S/C13H18ClN3O2/c1-2-10-8-17(5-6-19-10)13(18)11-7-9(14)3-4-12(11)16-15/h3-4,7,10,16H,2,5-6,8,15H2,1H3. The molecule has 1 aromatic rings. The van der Waals surface area contributed by atoms with Gasteiger partial charge in [-0.2, -0.15) is 0 Å². The van der Waals surface area contributed by atoms with Crippen molar-refractivity contribution in [3.05, 3.63) is 28.8 Å². The second-order valence-corrected chi connectivity index (χ2v) is 4.92. The number of carbonyl (C=O) groups excluding carboxylic acids is 1. The van der Waals surface area contributed by atoms with Gasteiger partial charge in [0.2, 0.25) is 0 Å². The van der Waals surface area contributed by atoms with Gasteiger partial charge in [-0.25, -0.2) is 0 Å². The molecule has 1 saturated heterocycles. The number of hydrogen-bond acceptors (Lipinski definition) is 4. The second-order valence-electron chi connectivity index (χ2n) is 4.49. The summed E-state index contributed by atoms with van der Waals surface area (Å²) in [6.07, 6.45) is 0.993. The predicted octanol–water partition coefficient (Wildman–Crippen LogP) is 1.88. The monoisotopic (exact) mass is 283 g/mol. The van der Waals surface area contributed by atoms with Crippen LogP contribution in [0, 0.1) is 0 Å². The number of nitrogens with one attached hydrogen (secondary N) is 1. The van der Waals surface area contributed by atoms with Gasteiger partial charge in [0.05, 0.1) is 24.0 Å². The molecule has 104 valence electrons. The lowest BCUT2D eigenvalue weighted by Gasteiger charge is -2.33. The Morgan fingerprint density at radius 2 is 2.42 bits per heavy atom. The molecule has 3 N–H and O–H groups in total. The Bertz CT molecular complexity index is 467. The van der Waals surface area contributed by atoms with Gasteiger partial charge >= 0.3 is 0 Å². The van der Waals surface area contributed by atoms with Crippen LogP contribution >= 0.6 is 11.6 Å². The Balaban J connectivity index is 2.21.